The molecule has 1 heterocycles. The summed E-state index contributed by atoms with van der Waals surface area (Å²) in [4.78, 5) is 13.2. The number of rotatable bonds is 5. The van der Waals surface area contributed by atoms with E-state index in [0.29, 0.717) is 46.5 Å². The second-order valence-electron chi connectivity index (χ2n) is 9.79. The lowest BCUT2D eigenvalue weighted by Gasteiger charge is -2.43. The van der Waals surface area contributed by atoms with Gasteiger partial charge in [-0.25, -0.2) is 0 Å². The summed E-state index contributed by atoms with van der Waals surface area (Å²) >= 11 is 0. The van der Waals surface area contributed by atoms with E-state index in [2.05, 4.69) is 53.1 Å². The maximum atomic E-state index is 13.2. The third-order valence-electron chi connectivity index (χ3n) is 8.16. The van der Waals surface area contributed by atoms with Gasteiger partial charge in [-0.3, -0.25) is 4.79 Å². The van der Waals surface area contributed by atoms with Gasteiger partial charge in [-0.05, 0) is 84.4 Å². The van der Waals surface area contributed by atoms with Gasteiger partial charge in [-0.1, -0.05) is 30.3 Å². The molecule has 0 radical (unpaired) electrons. The normalized spacial score (nSPS) is 26.2. The van der Waals surface area contributed by atoms with Crippen molar-refractivity contribution < 1.29 is 14.3 Å². The third-order valence-corrected chi connectivity index (χ3v) is 8.16. The predicted octanol–water partition coefficient (Wildman–Crippen LogP) is 6.25. The number of carbonyl (C=O) groups excluding carboxylic acids is 1. The largest absolute Gasteiger partial charge is 0.497 e. The topological polar surface area (TPSA) is 59.6 Å². The molecule has 5 atom stereocenters. The Morgan fingerprint density at radius 3 is 2.56 bits per heavy atom. The Hall–Kier alpha value is -3.47. The summed E-state index contributed by atoms with van der Waals surface area (Å²) in [5.74, 6) is 3.67. The Balaban J connectivity index is 1.32. The first-order valence-corrected chi connectivity index (χ1v) is 12.1. The van der Waals surface area contributed by atoms with Crippen LogP contribution in [0.5, 0.6) is 11.5 Å². The number of carbonyl (C=O) groups is 1. The highest BCUT2D eigenvalue weighted by atomic mass is 16.5. The van der Waals surface area contributed by atoms with Crippen molar-refractivity contribution in [3.8, 4) is 11.5 Å². The molecule has 2 fully saturated rings. The molecule has 2 N–H and O–H groups in total. The van der Waals surface area contributed by atoms with Crippen molar-refractivity contribution in [3.05, 3.63) is 83.4 Å². The molecule has 3 aliphatic rings. The molecule has 1 aliphatic heterocycles. The third kappa shape index (κ3) is 3.42. The van der Waals surface area contributed by atoms with Gasteiger partial charge in [0.1, 0.15) is 11.5 Å². The van der Waals surface area contributed by atoms with E-state index in [-0.39, 0.29) is 5.91 Å². The first-order valence-electron chi connectivity index (χ1n) is 12.1. The first-order chi connectivity index (χ1) is 16.7. The quantitative estimate of drug-likeness (QED) is 0.478. The lowest BCUT2D eigenvalue weighted by molar-refractivity contribution is 0.102. The smallest absolute Gasteiger partial charge is 0.255 e. The SMILES string of the molecule is COc1ccc(NC(=O)c2ccc3c(c2)[C@@H]2[C@H]4CC[C@@H](C4)[C@@H]2[C@@H](c2ccccc2)N3)c(OC)c1. The van der Waals surface area contributed by atoms with Crippen LogP contribution in [-0.4, -0.2) is 20.1 Å². The molecular weight excluding hydrogens is 424 g/mol. The fourth-order valence-electron chi connectivity index (χ4n) is 6.71. The van der Waals surface area contributed by atoms with Crippen LogP contribution in [0.1, 0.15) is 52.7 Å². The second kappa shape index (κ2) is 8.39. The highest BCUT2D eigenvalue weighted by molar-refractivity contribution is 6.05. The van der Waals surface area contributed by atoms with E-state index < -0.39 is 0 Å². The Labute approximate surface area is 200 Å². The van der Waals surface area contributed by atoms with E-state index in [1.165, 1.54) is 36.1 Å². The van der Waals surface area contributed by atoms with Crippen molar-refractivity contribution in [1.82, 2.24) is 0 Å². The second-order valence-corrected chi connectivity index (χ2v) is 9.79. The molecule has 0 aromatic heterocycles. The number of ether oxygens (including phenoxy) is 2. The molecule has 1 amide bonds. The van der Waals surface area contributed by atoms with Gasteiger partial charge < -0.3 is 20.1 Å². The standard InChI is InChI=1S/C29H30N2O3/c1-33-21-11-13-24(25(16-21)34-2)31-29(32)20-10-12-23-22(15-20)26-18-8-9-19(14-18)27(26)28(30-23)17-6-4-3-5-7-17/h3-7,10-13,15-16,18-19,26-28,30H,8-9,14H2,1-2H3,(H,31,32)/t18-,19-,26-,27-,28+/m0/s1. The zero-order valence-electron chi connectivity index (χ0n) is 19.6. The maximum absolute atomic E-state index is 13.2. The van der Waals surface area contributed by atoms with Crippen LogP contribution < -0.4 is 20.1 Å². The van der Waals surface area contributed by atoms with E-state index in [9.17, 15) is 4.79 Å². The molecule has 174 valence electrons. The number of benzene rings is 3. The Morgan fingerprint density at radius 2 is 1.76 bits per heavy atom. The number of methoxy groups -OCH3 is 2. The molecule has 6 rings (SSSR count). The van der Waals surface area contributed by atoms with Gasteiger partial charge in [0, 0.05) is 17.3 Å². The molecular formula is C29H30N2O3. The Kier molecular flexibility index (Phi) is 5.20. The summed E-state index contributed by atoms with van der Waals surface area (Å²) in [6.45, 7) is 0. The van der Waals surface area contributed by atoms with Crippen molar-refractivity contribution in [2.75, 3.05) is 24.9 Å². The van der Waals surface area contributed by atoms with E-state index in [4.69, 9.17) is 9.47 Å². The average molecular weight is 455 g/mol. The van der Waals surface area contributed by atoms with Crippen LogP contribution in [0.15, 0.2) is 66.7 Å². The molecule has 0 saturated heterocycles. The molecule has 2 saturated carbocycles. The van der Waals surface area contributed by atoms with Crippen molar-refractivity contribution in [2.45, 2.75) is 31.2 Å². The van der Waals surface area contributed by atoms with Crippen LogP contribution in [0.25, 0.3) is 0 Å². The Morgan fingerprint density at radius 1 is 0.941 bits per heavy atom. The molecule has 2 aliphatic carbocycles. The van der Waals surface area contributed by atoms with Crippen LogP contribution in [0.4, 0.5) is 11.4 Å². The van der Waals surface area contributed by atoms with Gasteiger partial charge in [0.15, 0.2) is 0 Å². The number of fused-ring (bicyclic) bond motifs is 7. The van der Waals surface area contributed by atoms with Crippen molar-refractivity contribution in [1.29, 1.82) is 0 Å². The lowest BCUT2D eigenvalue weighted by atomic mass is 9.68. The number of amides is 1. The van der Waals surface area contributed by atoms with Gasteiger partial charge in [0.2, 0.25) is 0 Å². The van der Waals surface area contributed by atoms with E-state index in [1.807, 2.05) is 18.2 Å². The molecule has 0 unspecified atom stereocenters. The van der Waals surface area contributed by atoms with E-state index in [0.717, 1.165) is 5.92 Å². The zero-order valence-corrected chi connectivity index (χ0v) is 19.6. The summed E-state index contributed by atoms with van der Waals surface area (Å²) in [6.07, 6.45) is 3.93. The summed E-state index contributed by atoms with van der Waals surface area (Å²) in [5, 5.41) is 6.87. The molecule has 34 heavy (non-hydrogen) atoms. The number of anilines is 2. The van der Waals surface area contributed by atoms with Crippen molar-refractivity contribution in [2.24, 2.45) is 17.8 Å². The van der Waals surface area contributed by atoms with Crippen LogP contribution in [0.2, 0.25) is 0 Å². The van der Waals surface area contributed by atoms with Gasteiger partial charge in [-0.2, -0.15) is 0 Å². The Bertz CT molecular complexity index is 1230. The molecule has 5 nitrogen and oxygen atoms in total. The van der Waals surface area contributed by atoms with E-state index >= 15 is 0 Å². The van der Waals surface area contributed by atoms with Crippen molar-refractivity contribution >= 4 is 17.3 Å². The van der Waals surface area contributed by atoms with Gasteiger partial charge >= 0.3 is 0 Å². The minimum Gasteiger partial charge on any atom is -0.497 e. The molecule has 3 aromatic rings. The average Bonchev–Trinajstić information content (AvgIpc) is 3.51. The summed E-state index contributed by atoms with van der Waals surface area (Å²) in [7, 11) is 3.20. The van der Waals surface area contributed by atoms with Crippen LogP contribution >= 0.6 is 0 Å². The summed E-state index contributed by atoms with van der Waals surface area (Å²) < 4.78 is 10.7. The minimum absolute atomic E-state index is 0.129. The first kappa shape index (κ1) is 21.1. The zero-order chi connectivity index (χ0) is 23.2. The van der Waals surface area contributed by atoms with Gasteiger partial charge in [0.25, 0.3) is 5.91 Å². The molecule has 0 spiro atoms. The molecule has 2 bridgehead atoms. The van der Waals surface area contributed by atoms with Gasteiger partial charge in [-0.15, -0.1) is 0 Å². The summed E-state index contributed by atoms with van der Waals surface area (Å²) in [5.41, 5.74) is 5.15. The number of hydrogen-bond acceptors (Lipinski definition) is 4. The fraction of sp³-hybridized carbons (Fsp3) is 0.345. The highest BCUT2D eigenvalue weighted by Gasteiger charge is 2.53. The van der Waals surface area contributed by atoms with Crippen LogP contribution in [-0.2, 0) is 0 Å². The number of hydrogen-bond donors (Lipinski definition) is 2. The predicted molar refractivity (Wildman–Crippen MR) is 134 cm³/mol. The lowest BCUT2D eigenvalue weighted by Crippen LogP contribution is -2.35. The fourth-order valence-corrected chi connectivity index (χ4v) is 6.71. The van der Waals surface area contributed by atoms with Gasteiger partial charge in [0.05, 0.1) is 25.9 Å². The van der Waals surface area contributed by atoms with Crippen molar-refractivity contribution in [3.63, 3.8) is 0 Å². The van der Waals surface area contributed by atoms with Crippen LogP contribution in [0, 0.1) is 17.8 Å². The minimum atomic E-state index is -0.129. The highest BCUT2D eigenvalue weighted by Crippen LogP contribution is 2.63. The number of nitrogens with one attached hydrogen (secondary N) is 2. The van der Waals surface area contributed by atoms with E-state index in [1.54, 1.807) is 20.3 Å². The van der Waals surface area contributed by atoms with Crippen LogP contribution in [0.3, 0.4) is 0 Å². The monoisotopic (exact) mass is 454 g/mol. The maximum Gasteiger partial charge on any atom is 0.255 e. The molecule has 3 aromatic carbocycles. The molecule has 5 heteroatoms. The summed E-state index contributed by atoms with van der Waals surface area (Å²) in [6, 6.07) is 22.7.